The molecule has 3 heterocycles. The van der Waals surface area contributed by atoms with Gasteiger partial charge in [-0.2, -0.15) is 5.10 Å². The van der Waals surface area contributed by atoms with Gasteiger partial charge in [0.05, 0.1) is 24.6 Å². The standard InChI is InChI=1S/C19H22N6/c1-24-16(22-19(23-24)14-7-8-14)11-25-10-9-15-17(21-12-20-15)18(25)13-5-3-2-4-6-13/h2-6,12,14,18H,7-11H2,1H3,(H,20,21). The summed E-state index contributed by atoms with van der Waals surface area (Å²) in [6.07, 6.45) is 5.27. The number of nitrogens with zero attached hydrogens (tertiary/aromatic N) is 5. The molecular weight excluding hydrogens is 312 g/mol. The number of aromatic amines is 1. The fraction of sp³-hybridized carbons (Fsp3) is 0.421. The summed E-state index contributed by atoms with van der Waals surface area (Å²) in [5.41, 5.74) is 3.67. The van der Waals surface area contributed by atoms with E-state index in [2.05, 4.69) is 50.3 Å². The number of benzene rings is 1. The molecular formula is C19H22N6. The highest BCUT2D eigenvalue weighted by Crippen LogP contribution is 2.38. The summed E-state index contributed by atoms with van der Waals surface area (Å²) < 4.78 is 1.95. The van der Waals surface area contributed by atoms with Crippen LogP contribution in [0.1, 0.15) is 53.4 Å². The van der Waals surface area contributed by atoms with Gasteiger partial charge in [-0.1, -0.05) is 30.3 Å². The molecule has 1 aliphatic carbocycles. The van der Waals surface area contributed by atoms with Crippen molar-refractivity contribution in [3.05, 3.63) is 65.3 Å². The summed E-state index contributed by atoms with van der Waals surface area (Å²) in [4.78, 5) is 15.2. The van der Waals surface area contributed by atoms with E-state index in [1.54, 1.807) is 0 Å². The molecule has 1 N–H and O–H groups in total. The summed E-state index contributed by atoms with van der Waals surface area (Å²) in [5.74, 6) is 2.65. The average molecular weight is 334 g/mol. The van der Waals surface area contributed by atoms with Gasteiger partial charge in [0.15, 0.2) is 5.82 Å². The van der Waals surface area contributed by atoms with Gasteiger partial charge in [0.1, 0.15) is 5.82 Å². The lowest BCUT2D eigenvalue weighted by Crippen LogP contribution is -2.36. The Labute approximate surface area is 146 Å². The van der Waals surface area contributed by atoms with Gasteiger partial charge in [-0.15, -0.1) is 0 Å². The minimum absolute atomic E-state index is 0.164. The Morgan fingerprint density at radius 1 is 1.20 bits per heavy atom. The van der Waals surface area contributed by atoms with Crippen molar-refractivity contribution in [1.82, 2.24) is 29.6 Å². The molecule has 1 atom stereocenters. The van der Waals surface area contributed by atoms with E-state index >= 15 is 0 Å². The van der Waals surface area contributed by atoms with Crippen molar-refractivity contribution in [2.24, 2.45) is 7.05 Å². The molecule has 6 heteroatoms. The number of nitrogens with one attached hydrogen (secondary N) is 1. The fourth-order valence-corrected chi connectivity index (χ4v) is 3.77. The molecule has 2 aromatic heterocycles. The third-order valence-corrected chi connectivity index (χ3v) is 5.30. The smallest absolute Gasteiger partial charge is 0.154 e. The first-order valence-electron chi connectivity index (χ1n) is 9.00. The van der Waals surface area contributed by atoms with Crippen LogP contribution in [0, 0.1) is 0 Å². The molecule has 128 valence electrons. The number of imidazole rings is 1. The van der Waals surface area contributed by atoms with Gasteiger partial charge in [-0.3, -0.25) is 9.58 Å². The number of hydrogen-bond donors (Lipinski definition) is 1. The Morgan fingerprint density at radius 2 is 2.04 bits per heavy atom. The molecule has 0 amide bonds. The minimum Gasteiger partial charge on any atom is -0.348 e. The Balaban J connectivity index is 1.49. The Bertz CT molecular complexity index is 876. The SMILES string of the molecule is Cn1nc(C2CC2)nc1CN1CCc2[nH]cnc2C1c1ccccc1. The second-order valence-electron chi connectivity index (χ2n) is 7.08. The lowest BCUT2D eigenvalue weighted by molar-refractivity contribution is 0.193. The third kappa shape index (κ3) is 2.66. The van der Waals surface area contributed by atoms with E-state index in [1.807, 2.05) is 18.1 Å². The molecule has 0 spiro atoms. The van der Waals surface area contributed by atoms with Crippen LogP contribution in [0.2, 0.25) is 0 Å². The average Bonchev–Trinajstić information content (AvgIpc) is 3.27. The number of H-pyrrole nitrogens is 1. The molecule has 5 rings (SSSR count). The molecule has 2 aliphatic rings. The molecule has 0 bridgehead atoms. The summed E-state index contributed by atoms with van der Waals surface area (Å²) >= 11 is 0. The second-order valence-corrected chi connectivity index (χ2v) is 7.08. The number of fused-ring (bicyclic) bond motifs is 1. The number of hydrogen-bond acceptors (Lipinski definition) is 4. The van der Waals surface area contributed by atoms with Gasteiger partial charge < -0.3 is 4.98 Å². The molecule has 1 fully saturated rings. The maximum Gasteiger partial charge on any atom is 0.154 e. The molecule has 1 saturated carbocycles. The molecule has 0 saturated heterocycles. The lowest BCUT2D eigenvalue weighted by Gasteiger charge is -2.34. The van der Waals surface area contributed by atoms with Crippen LogP contribution in [-0.4, -0.2) is 36.2 Å². The first-order chi connectivity index (χ1) is 12.3. The summed E-state index contributed by atoms with van der Waals surface area (Å²) in [5, 5.41) is 4.63. The van der Waals surface area contributed by atoms with Crippen LogP contribution in [0.15, 0.2) is 36.7 Å². The normalized spacial score (nSPS) is 20.6. The zero-order valence-corrected chi connectivity index (χ0v) is 14.4. The molecule has 1 aromatic carbocycles. The second kappa shape index (κ2) is 5.81. The van der Waals surface area contributed by atoms with Gasteiger partial charge in [-0.05, 0) is 18.4 Å². The zero-order chi connectivity index (χ0) is 16.8. The van der Waals surface area contributed by atoms with Crippen LogP contribution in [0.25, 0.3) is 0 Å². The zero-order valence-electron chi connectivity index (χ0n) is 14.4. The fourth-order valence-electron chi connectivity index (χ4n) is 3.77. The largest absolute Gasteiger partial charge is 0.348 e. The molecule has 1 aliphatic heterocycles. The quantitative estimate of drug-likeness (QED) is 0.796. The highest BCUT2D eigenvalue weighted by Gasteiger charge is 2.33. The number of rotatable bonds is 4. The van der Waals surface area contributed by atoms with Crippen molar-refractivity contribution >= 4 is 0 Å². The van der Waals surface area contributed by atoms with E-state index in [-0.39, 0.29) is 6.04 Å². The van der Waals surface area contributed by atoms with Gasteiger partial charge in [0.25, 0.3) is 0 Å². The maximum absolute atomic E-state index is 4.82. The minimum atomic E-state index is 0.164. The highest BCUT2D eigenvalue weighted by molar-refractivity contribution is 5.32. The van der Waals surface area contributed by atoms with E-state index in [0.717, 1.165) is 36.9 Å². The van der Waals surface area contributed by atoms with E-state index in [0.29, 0.717) is 5.92 Å². The van der Waals surface area contributed by atoms with Crippen LogP contribution in [-0.2, 0) is 20.0 Å². The van der Waals surface area contributed by atoms with Gasteiger partial charge in [0, 0.05) is 31.6 Å². The first kappa shape index (κ1) is 14.8. The van der Waals surface area contributed by atoms with E-state index in [4.69, 9.17) is 4.98 Å². The maximum atomic E-state index is 4.82. The third-order valence-electron chi connectivity index (χ3n) is 5.30. The molecule has 0 radical (unpaired) electrons. The Morgan fingerprint density at radius 3 is 2.84 bits per heavy atom. The highest BCUT2D eigenvalue weighted by atomic mass is 15.4. The Kier molecular flexibility index (Phi) is 3.45. The van der Waals surface area contributed by atoms with Crippen LogP contribution < -0.4 is 0 Å². The van der Waals surface area contributed by atoms with Crippen LogP contribution in [0.3, 0.4) is 0 Å². The van der Waals surface area contributed by atoms with E-state index < -0.39 is 0 Å². The van der Waals surface area contributed by atoms with Gasteiger partial charge in [-0.25, -0.2) is 9.97 Å². The Hall–Kier alpha value is -2.47. The number of aryl methyl sites for hydroxylation is 1. The van der Waals surface area contributed by atoms with Crippen molar-refractivity contribution in [1.29, 1.82) is 0 Å². The first-order valence-corrected chi connectivity index (χ1v) is 9.00. The van der Waals surface area contributed by atoms with Crippen molar-refractivity contribution in [2.75, 3.05) is 6.54 Å². The van der Waals surface area contributed by atoms with E-state index in [9.17, 15) is 0 Å². The summed E-state index contributed by atoms with van der Waals surface area (Å²) in [6.45, 7) is 1.78. The predicted octanol–water partition coefficient (Wildman–Crippen LogP) is 2.56. The predicted molar refractivity (Wildman–Crippen MR) is 94.0 cm³/mol. The molecule has 6 nitrogen and oxygen atoms in total. The molecule has 3 aromatic rings. The topological polar surface area (TPSA) is 62.6 Å². The summed E-state index contributed by atoms with van der Waals surface area (Å²) in [6, 6.07) is 10.8. The van der Waals surface area contributed by atoms with E-state index in [1.165, 1.54) is 24.1 Å². The number of aromatic nitrogens is 5. The van der Waals surface area contributed by atoms with Crippen LogP contribution >= 0.6 is 0 Å². The molecule has 1 unspecified atom stereocenters. The van der Waals surface area contributed by atoms with Crippen molar-refractivity contribution < 1.29 is 0 Å². The van der Waals surface area contributed by atoms with Crippen LogP contribution in [0.5, 0.6) is 0 Å². The van der Waals surface area contributed by atoms with Crippen molar-refractivity contribution in [3.8, 4) is 0 Å². The monoisotopic (exact) mass is 334 g/mol. The van der Waals surface area contributed by atoms with Gasteiger partial charge >= 0.3 is 0 Å². The lowest BCUT2D eigenvalue weighted by atomic mass is 9.95. The van der Waals surface area contributed by atoms with Crippen molar-refractivity contribution in [3.63, 3.8) is 0 Å². The van der Waals surface area contributed by atoms with Crippen molar-refractivity contribution in [2.45, 2.75) is 37.8 Å². The molecule has 25 heavy (non-hydrogen) atoms. The summed E-state index contributed by atoms with van der Waals surface area (Å²) in [7, 11) is 2.01. The van der Waals surface area contributed by atoms with Crippen LogP contribution in [0.4, 0.5) is 0 Å². The van der Waals surface area contributed by atoms with Gasteiger partial charge in [0.2, 0.25) is 0 Å².